The van der Waals surface area contributed by atoms with E-state index < -0.39 is 5.91 Å². The van der Waals surface area contributed by atoms with Crippen molar-refractivity contribution in [3.63, 3.8) is 0 Å². The number of hydrogen-bond donors (Lipinski definition) is 0. The number of amides is 1. The maximum absolute atomic E-state index is 13.2. The molecule has 8 heteroatoms. The molecule has 178 valence electrons. The van der Waals surface area contributed by atoms with Crippen LogP contribution in [0.15, 0.2) is 58.4 Å². The SMILES string of the molecule is Cc1cc(C)cc(C(=O)N=c2c(C#N)cc3c(=O)n4ccccc4nc3n2CCCOC(C)C)c1. The minimum Gasteiger partial charge on any atom is -0.379 e. The first-order valence-electron chi connectivity index (χ1n) is 11.5. The van der Waals surface area contributed by atoms with Gasteiger partial charge < -0.3 is 9.30 Å². The van der Waals surface area contributed by atoms with Gasteiger partial charge in [0, 0.05) is 24.9 Å². The molecule has 0 aliphatic rings. The van der Waals surface area contributed by atoms with Crippen LogP contribution in [0.2, 0.25) is 0 Å². The summed E-state index contributed by atoms with van der Waals surface area (Å²) < 4.78 is 8.81. The number of aryl methyl sites for hydroxylation is 3. The lowest BCUT2D eigenvalue weighted by atomic mass is 10.1. The molecule has 35 heavy (non-hydrogen) atoms. The molecule has 1 aromatic carbocycles. The van der Waals surface area contributed by atoms with Crippen molar-refractivity contribution >= 4 is 22.6 Å². The quantitative estimate of drug-likeness (QED) is 0.317. The van der Waals surface area contributed by atoms with Gasteiger partial charge in [-0.2, -0.15) is 10.3 Å². The van der Waals surface area contributed by atoms with Crippen LogP contribution in [0, 0.1) is 25.2 Å². The molecule has 0 aliphatic heterocycles. The maximum atomic E-state index is 13.2. The Balaban J connectivity index is 1.98. The van der Waals surface area contributed by atoms with Crippen molar-refractivity contribution in [1.82, 2.24) is 14.0 Å². The summed E-state index contributed by atoms with van der Waals surface area (Å²) in [4.78, 5) is 35.5. The van der Waals surface area contributed by atoms with Crippen molar-refractivity contribution in [2.75, 3.05) is 6.61 Å². The Labute approximate surface area is 202 Å². The van der Waals surface area contributed by atoms with E-state index in [1.165, 1.54) is 10.5 Å². The lowest BCUT2D eigenvalue weighted by molar-refractivity contribution is 0.0748. The van der Waals surface area contributed by atoms with Gasteiger partial charge in [-0.25, -0.2) is 4.98 Å². The van der Waals surface area contributed by atoms with Gasteiger partial charge in [-0.05, 0) is 64.4 Å². The topological polar surface area (TPSA) is 102 Å². The number of ether oxygens (including phenoxy) is 1. The molecule has 0 N–H and O–H groups in total. The molecule has 4 aromatic rings. The fraction of sp³-hybridized carbons (Fsp3) is 0.296. The number of rotatable bonds is 6. The van der Waals surface area contributed by atoms with Gasteiger partial charge in [-0.1, -0.05) is 23.3 Å². The van der Waals surface area contributed by atoms with Gasteiger partial charge in [0.25, 0.3) is 11.5 Å². The van der Waals surface area contributed by atoms with E-state index in [1.54, 1.807) is 41.1 Å². The van der Waals surface area contributed by atoms with Gasteiger partial charge in [-0.3, -0.25) is 14.0 Å². The average molecular weight is 470 g/mol. The molecule has 0 saturated heterocycles. The molecule has 0 bridgehead atoms. The van der Waals surface area contributed by atoms with Crippen LogP contribution in [0.25, 0.3) is 16.7 Å². The molecule has 1 amide bonds. The number of pyridine rings is 2. The zero-order chi connectivity index (χ0) is 25.1. The number of benzene rings is 1. The van der Waals surface area contributed by atoms with E-state index in [0.29, 0.717) is 36.4 Å². The predicted molar refractivity (Wildman–Crippen MR) is 133 cm³/mol. The van der Waals surface area contributed by atoms with Crippen molar-refractivity contribution in [3.05, 3.63) is 86.8 Å². The van der Waals surface area contributed by atoms with Gasteiger partial charge in [0.15, 0.2) is 5.49 Å². The minimum atomic E-state index is -0.461. The molecule has 3 aromatic heterocycles. The van der Waals surface area contributed by atoms with Crippen molar-refractivity contribution in [2.24, 2.45) is 4.99 Å². The van der Waals surface area contributed by atoms with Crippen LogP contribution in [0.1, 0.15) is 47.3 Å². The Hall–Kier alpha value is -4.09. The lowest BCUT2D eigenvalue weighted by Crippen LogP contribution is -2.30. The van der Waals surface area contributed by atoms with Gasteiger partial charge in [-0.15, -0.1) is 0 Å². The fourth-order valence-electron chi connectivity index (χ4n) is 4.09. The monoisotopic (exact) mass is 469 g/mol. The predicted octanol–water partition coefficient (Wildman–Crippen LogP) is 3.69. The average Bonchev–Trinajstić information content (AvgIpc) is 2.82. The van der Waals surface area contributed by atoms with E-state index >= 15 is 0 Å². The fourth-order valence-corrected chi connectivity index (χ4v) is 4.09. The van der Waals surface area contributed by atoms with Crippen molar-refractivity contribution in [1.29, 1.82) is 5.26 Å². The molecular weight excluding hydrogens is 442 g/mol. The molecule has 8 nitrogen and oxygen atoms in total. The van der Waals surface area contributed by atoms with E-state index in [0.717, 1.165) is 11.1 Å². The summed E-state index contributed by atoms with van der Waals surface area (Å²) in [5.74, 6) is -0.461. The van der Waals surface area contributed by atoms with Gasteiger partial charge in [0.2, 0.25) is 0 Å². The van der Waals surface area contributed by atoms with E-state index in [9.17, 15) is 14.9 Å². The number of carbonyl (C=O) groups excluding carboxylic acids is 1. The van der Waals surface area contributed by atoms with Crippen LogP contribution in [0.5, 0.6) is 0 Å². The number of hydrogen-bond acceptors (Lipinski definition) is 5. The molecule has 0 aliphatic carbocycles. The third-order valence-corrected chi connectivity index (χ3v) is 5.56. The summed E-state index contributed by atoms with van der Waals surface area (Å²) in [7, 11) is 0. The highest BCUT2D eigenvalue weighted by atomic mass is 16.5. The van der Waals surface area contributed by atoms with Crippen LogP contribution in [-0.4, -0.2) is 32.6 Å². The summed E-state index contributed by atoms with van der Waals surface area (Å²) >= 11 is 0. The van der Waals surface area contributed by atoms with E-state index in [2.05, 4.69) is 11.1 Å². The van der Waals surface area contributed by atoms with Crippen LogP contribution in [0.3, 0.4) is 0 Å². The standard InChI is InChI=1S/C27H27N5O3/c1-17(2)35-11-7-10-32-24(30-26(33)20-13-18(3)12-19(4)14-20)21(16-28)15-22-25(32)29-23-8-5-6-9-31(23)27(22)34/h5-6,8-9,12-15,17H,7,10-11H2,1-4H3. The van der Waals surface area contributed by atoms with E-state index in [1.807, 2.05) is 33.8 Å². The number of nitriles is 1. The summed E-state index contributed by atoms with van der Waals surface area (Å²) in [6.45, 7) is 8.58. The summed E-state index contributed by atoms with van der Waals surface area (Å²) in [5, 5.41) is 10.2. The van der Waals surface area contributed by atoms with Crippen molar-refractivity contribution < 1.29 is 9.53 Å². The lowest BCUT2D eigenvalue weighted by Gasteiger charge is -2.14. The molecule has 0 radical (unpaired) electrons. The second-order valence-corrected chi connectivity index (χ2v) is 8.79. The largest absolute Gasteiger partial charge is 0.379 e. The second kappa shape index (κ2) is 10.0. The highest BCUT2D eigenvalue weighted by Gasteiger charge is 2.16. The number of aromatic nitrogens is 3. The maximum Gasteiger partial charge on any atom is 0.279 e. The Bertz CT molecular complexity index is 1590. The highest BCUT2D eigenvalue weighted by Crippen LogP contribution is 2.13. The zero-order valence-electron chi connectivity index (χ0n) is 20.3. The van der Waals surface area contributed by atoms with Crippen LogP contribution in [0.4, 0.5) is 0 Å². The first-order chi connectivity index (χ1) is 16.8. The molecule has 0 unspecified atom stereocenters. The Morgan fingerprint density at radius 2 is 1.91 bits per heavy atom. The normalized spacial score (nSPS) is 11.9. The molecule has 0 spiro atoms. The Kier molecular flexibility index (Phi) is 6.90. The van der Waals surface area contributed by atoms with Crippen LogP contribution < -0.4 is 11.0 Å². The molecule has 4 rings (SSSR count). The van der Waals surface area contributed by atoms with E-state index in [-0.39, 0.29) is 28.1 Å². The summed E-state index contributed by atoms with van der Waals surface area (Å²) in [6.07, 6.45) is 2.30. The van der Waals surface area contributed by atoms with Crippen LogP contribution in [-0.2, 0) is 11.3 Å². The number of fused-ring (bicyclic) bond motifs is 2. The highest BCUT2D eigenvalue weighted by molar-refractivity contribution is 5.95. The third kappa shape index (κ3) is 5.05. The first kappa shape index (κ1) is 24.0. The number of nitrogens with zero attached hydrogens (tertiary/aromatic N) is 5. The molecule has 0 atom stereocenters. The zero-order valence-corrected chi connectivity index (χ0v) is 20.3. The van der Waals surface area contributed by atoms with Gasteiger partial charge in [0.05, 0.1) is 17.1 Å². The molecule has 0 saturated carbocycles. The van der Waals surface area contributed by atoms with Gasteiger partial charge in [0.1, 0.15) is 17.4 Å². The van der Waals surface area contributed by atoms with Crippen LogP contribution >= 0.6 is 0 Å². The second-order valence-electron chi connectivity index (χ2n) is 8.79. The van der Waals surface area contributed by atoms with Crippen molar-refractivity contribution in [3.8, 4) is 6.07 Å². The molecule has 0 fully saturated rings. The Morgan fingerprint density at radius 3 is 2.60 bits per heavy atom. The Morgan fingerprint density at radius 1 is 1.17 bits per heavy atom. The molecule has 3 heterocycles. The number of carbonyl (C=O) groups is 1. The van der Waals surface area contributed by atoms with Gasteiger partial charge >= 0.3 is 0 Å². The molecular formula is C27H27N5O3. The summed E-state index contributed by atoms with van der Waals surface area (Å²) in [6, 6.07) is 14.4. The first-order valence-corrected chi connectivity index (χ1v) is 11.5. The smallest absolute Gasteiger partial charge is 0.279 e. The minimum absolute atomic E-state index is 0.0733. The van der Waals surface area contributed by atoms with Crippen molar-refractivity contribution in [2.45, 2.75) is 46.8 Å². The third-order valence-electron chi connectivity index (χ3n) is 5.56. The summed E-state index contributed by atoms with van der Waals surface area (Å²) in [5.41, 5.74) is 3.19. The van der Waals surface area contributed by atoms with E-state index in [4.69, 9.17) is 9.72 Å².